The molecule has 3 heterocycles. The molecule has 2 aliphatic heterocycles. The SMILES string of the molecule is Cc1ccc2nc([C@H]3CCCN3C(=O)COC[C@@H]3CCCO3)[nH]c2c1. The summed E-state index contributed by atoms with van der Waals surface area (Å²) in [6.07, 6.45) is 4.20. The predicted molar refractivity (Wildman–Crippen MR) is 94.3 cm³/mol. The fourth-order valence-electron chi connectivity index (χ4n) is 3.79. The molecule has 0 unspecified atom stereocenters. The zero-order valence-corrected chi connectivity index (χ0v) is 14.7. The Bertz CT molecular complexity index is 751. The Morgan fingerprint density at radius 3 is 3.16 bits per heavy atom. The van der Waals surface area contributed by atoms with Crippen molar-refractivity contribution in [2.24, 2.45) is 0 Å². The van der Waals surface area contributed by atoms with Crippen LogP contribution < -0.4 is 0 Å². The molecular weight excluding hydrogens is 318 g/mol. The van der Waals surface area contributed by atoms with Crippen molar-refractivity contribution in [3.63, 3.8) is 0 Å². The third-order valence-corrected chi connectivity index (χ3v) is 5.10. The summed E-state index contributed by atoms with van der Waals surface area (Å²) in [6.45, 7) is 4.27. The molecule has 0 saturated carbocycles. The van der Waals surface area contributed by atoms with Gasteiger partial charge in [0.2, 0.25) is 5.91 Å². The number of nitrogens with one attached hydrogen (secondary N) is 1. The number of carbonyl (C=O) groups excluding carboxylic acids is 1. The second-order valence-corrected chi connectivity index (χ2v) is 7.04. The second kappa shape index (κ2) is 7.14. The molecule has 0 bridgehead atoms. The lowest BCUT2D eigenvalue weighted by Crippen LogP contribution is -2.34. The lowest BCUT2D eigenvalue weighted by atomic mass is 10.2. The maximum atomic E-state index is 12.6. The first-order valence-corrected chi connectivity index (χ1v) is 9.16. The van der Waals surface area contributed by atoms with Crippen molar-refractivity contribution in [3.05, 3.63) is 29.6 Å². The van der Waals surface area contributed by atoms with Crippen molar-refractivity contribution in [1.29, 1.82) is 0 Å². The monoisotopic (exact) mass is 343 g/mol. The van der Waals surface area contributed by atoms with E-state index in [-0.39, 0.29) is 24.7 Å². The van der Waals surface area contributed by atoms with E-state index >= 15 is 0 Å². The Hall–Kier alpha value is -1.92. The first-order chi connectivity index (χ1) is 12.2. The highest BCUT2D eigenvalue weighted by molar-refractivity contribution is 5.79. The van der Waals surface area contributed by atoms with Crippen LogP contribution in [-0.2, 0) is 14.3 Å². The van der Waals surface area contributed by atoms with Gasteiger partial charge in [-0.2, -0.15) is 0 Å². The molecule has 0 radical (unpaired) electrons. The minimum absolute atomic E-state index is 0.0199. The van der Waals surface area contributed by atoms with Crippen LogP contribution in [0.3, 0.4) is 0 Å². The maximum absolute atomic E-state index is 12.6. The van der Waals surface area contributed by atoms with Crippen LogP contribution in [0.15, 0.2) is 18.2 Å². The highest BCUT2D eigenvalue weighted by Gasteiger charge is 2.32. The molecule has 134 valence electrons. The van der Waals surface area contributed by atoms with Gasteiger partial charge >= 0.3 is 0 Å². The number of rotatable bonds is 5. The van der Waals surface area contributed by atoms with Gasteiger partial charge in [-0.25, -0.2) is 4.98 Å². The zero-order valence-electron chi connectivity index (χ0n) is 14.7. The summed E-state index contributed by atoms with van der Waals surface area (Å²) in [6, 6.07) is 6.20. The number of ether oxygens (including phenoxy) is 2. The maximum Gasteiger partial charge on any atom is 0.249 e. The molecule has 0 aliphatic carbocycles. The van der Waals surface area contributed by atoms with Gasteiger partial charge in [-0.1, -0.05) is 6.07 Å². The average molecular weight is 343 g/mol. The standard InChI is InChI=1S/C19H25N3O3/c1-13-6-7-15-16(10-13)21-19(20-15)17-5-2-8-22(17)18(23)12-24-11-14-4-3-9-25-14/h6-7,10,14,17H,2-5,8-9,11-12H2,1H3,(H,20,21)/t14-,17+/m0/s1. The zero-order chi connectivity index (χ0) is 17.2. The van der Waals surface area contributed by atoms with Crippen LogP contribution in [0.1, 0.15) is 43.1 Å². The van der Waals surface area contributed by atoms with E-state index in [2.05, 4.69) is 24.0 Å². The van der Waals surface area contributed by atoms with E-state index in [0.29, 0.717) is 6.61 Å². The summed E-state index contributed by atoms with van der Waals surface area (Å²) in [5.74, 6) is 0.919. The lowest BCUT2D eigenvalue weighted by Gasteiger charge is -2.23. The Labute approximate surface area is 147 Å². The van der Waals surface area contributed by atoms with Gasteiger partial charge in [-0.3, -0.25) is 4.79 Å². The fourth-order valence-corrected chi connectivity index (χ4v) is 3.79. The van der Waals surface area contributed by atoms with Crippen LogP contribution in [0.4, 0.5) is 0 Å². The molecule has 25 heavy (non-hydrogen) atoms. The molecule has 1 aromatic heterocycles. The largest absolute Gasteiger partial charge is 0.376 e. The van der Waals surface area contributed by atoms with Crippen LogP contribution >= 0.6 is 0 Å². The van der Waals surface area contributed by atoms with Crippen molar-refractivity contribution in [1.82, 2.24) is 14.9 Å². The Balaban J connectivity index is 1.40. The second-order valence-electron chi connectivity index (χ2n) is 7.04. The van der Waals surface area contributed by atoms with Crippen molar-refractivity contribution in [3.8, 4) is 0 Å². The minimum Gasteiger partial charge on any atom is -0.376 e. The van der Waals surface area contributed by atoms with E-state index in [0.717, 1.165) is 55.7 Å². The number of aryl methyl sites for hydroxylation is 1. The van der Waals surface area contributed by atoms with Gasteiger partial charge in [0.05, 0.1) is 29.8 Å². The normalized spacial score (nSPS) is 23.6. The summed E-state index contributed by atoms with van der Waals surface area (Å²) in [4.78, 5) is 22.6. The number of aromatic amines is 1. The van der Waals surface area contributed by atoms with E-state index in [4.69, 9.17) is 14.5 Å². The summed E-state index contributed by atoms with van der Waals surface area (Å²) in [5, 5.41) is 0. The number of hydrogen-bond acceptors (Lipinski definition) is 4. The molecule has 2 atom stereocenters. The molecule has 0 spiro atoms. The Morgan fingerprint density at radius 2 is 2.32 bits per heavy atom. The average Bonchev–Trinajstić information content (AvgIpc) is 3.33. The summed E-state index contributed by atoms with van der Waals surface area (Å²) in [5.41, 5.74) is 3.18. The first-order valence-electron chi connectivity index (χ1n) is 9.16. The van der Waals surface area contributed by atoms with Gasteiger partial charge < -0.3 is 19.4 Å². The van der Waals surface area contributed by atoms with Crippen LogP contribution in [-0.4, -0.2) is 53.2 Å². The van der Waals surface area contributed by atoms with Crippen molar-refractivity contribution >= 4 is 16.9 Å². The highest BCUT2D eigenvalue weighted by Crippen LogP contribution is 2.31. The van der Waals surface area contributed by atoms with Crippen LogP contribution in [0.25, 0.3) is 11.0 Å². The minimum atomic E-state index is 0.0199. The predicted octanol–water partition coefficient (Wildman–Crippen LogP) is 2.73. The summed E-state index contributed by atoms with van der Waals surface area (Å²) >= 11 is 0. The molecule has 1 amide bonds. The van der Waals surface area contributed by atoms with E-state index in [1.54, 1.807) is 0 Å². The number of H-pyrrole nitrogens is 1. The number of likely N-dealkylation sites (tertiary alicyclic amines) is 1. The number of fused-ring (bicyclic) bond motifs is 1. The molecule has 6 nitrogen and oxygen atoms in total. The smallest absolute Gasteiger partial charge is 0.249 e. The Kier molecular flexibility index (Phi) is 4.72. The number of amides is 1. The molecule has 2 saturated heterocycles. The summed E-state index contributed by atoms with van der Waals surface area (Å²) < 4.78 is 11.1. The Morgan fingerprint density at radius 1 is 1.40 bits per heavy atom. The molecular formula is C19H25N3O3. The van der Waals surface area contributed by atoms with E-state index in [1.807, 2.05) is 11.0 Å². The van der Waals surface area contributed by atoms with Crippen LogP contribution in [0, 0.1) is 6.92 Å². The first kappa shape index (κ1) is 16.5. The molecule has 1 aromatic carbocycles. The number of carbonyl (C=O) groups is 1. The number of hydrogen-bond donors (Lipinski definition) is 1. The molecule has 2 aliphatic rings. The number of nitrogens with zero attached hydrogens (tertiary/aromatic N) is 2. The lowest BCUT2D eigenvalue weighted by molar-refractivity contribution is -0.138. The molecule has 6 heteroatoms. The molecule has 1 N–H and O–H groups in total. The van der Waals surface area contributed by atoms with Gasteiger partial charge in [0, 0.05) is 13.2 Å². The van der Waals surface area contributed by atoms with Gasteiger partial charge in [0.25, 0.3) is 0 Å². The molecule has 2 fully saturated rings. The molecule has 2 aromatic rings. The highest BCUT2D eigenvalue weighted by atomic mass is 16.5. The van der Waals surface area contributed by atoms with Crippen molar-refractivity contribution in [2.75, 3.05) is 26.4 Å². The van der Waals surface area contributed by atoms with Crippen LogP contribution in [0.5, 0.6) is 0 Å². The van der Waals surface area contributed by atoms with Gasteiger partial charge in [0.15, 0.2) is 0 Å². The third-order valence-electron chi connectivity index (χ3n) is 5.10. The van der Waals surface area contributed by atoms with Crippen molar-refractivity contribution < 1.29 is 14.3 Å². The quantitative estimate of drug-likeness (QED) is 0.906. The summed E-state index contributed by atoms with van der Waals surface area (Å²) in [7, 11) is 0. The van der Waals surface area contributed by atoms with Gasteiger partial charge in [-0.15, -0.1) is 0 Å². The molecule has 4 rings (SSSR count). The van der Waals surface area contributed by atoms with E-state index in [9.17, 15) is 4.79 Å². The number of benzene rings is 1. The number of imidazole rings is 1. The van der Waals surface area contributed by atoms with Gasteiger partial charge in [-0.05, 0) is 50.3 Å². The van der Waals surface area contributed by atoms with E-state index < -0.39 is 0 Å². The van der Waals surface area contributed by atoms with E-state index in [1.165, 1.54) is 5.56 Å². The third kappa shape index (κ3) is 3.55. The van der Waals surface area contributed by atoms with Gasteiger partial charge in [0.1, 0.15) is 12.4 Å². The van der Waals surface area contributed by atoms with Crippen molar-refractivity contribution in [2.45, 2.75) is 44.8 Å². The number of aromatic nitrogens is 2. The fraction of sp³-hybridized carbons (Fsp3) is 0.579. The van der Waals surface area contributed by atoms with Crippen LogP contribution in [0.2, 0.25) is 0 Å². The topological polar surface area (TPSA) is 67.5 Å².